The zero-order valence-corrected chi connectivity index (χ0v) is 19.7. The van der Waals surface area contributed by atoms with E-state index in [4.69, 9.17) is 5.11 Å². The maximum Gasteiger partial charge on any atom is 0.407 e. The lowest BCUT2D eigenvalue weighted by Gasteiger charge is -2.24. The quantitative estimate of drug-likeness (QED) is 0.229. The van der Waals surface area contributed by atoms with Gasteiger partial charge < -0.3 is 14.9 Å². The standard InChI is InChI=1S/C25H50N2O2/c1-3-5-7-9-11-13-15-19-26(20-16-14-12-10-8-6-4-2)21-17-24-18-22-27(23-24)25(28)29/h24H,3-23H2,1-2H3,(H,28,29). The first-order chi connectivity index (χ1) is 14.2. The predicted molar refractivity (Wildman–Crippen MR) is 125 cm³/mol. The normalized spacial score (nSPS) is 16.8. The molecule has 1 aliphatic rings. The number of carboxylic acid groups (broad SMARTS) is 1. The summed E-state index contributed by atoms with van der Waals surface area (Å²) in [5.74, 6) is 0.566. The maximum absolute atomic E-state index is 11.1. The second-order valence-corrected chi connectivity index (χ2v) is 9.26. The van der Waals surface area contributed by atoms with Crippen molar-refractivity contribution in [2.24, 2.45) is 5.92 Å². The third-order valence-electron chi connectivity index (χ3n) is 6.57. The Labute approximate surface area is 181 Å². The van der Waals surface area contributed by atoms with Crippen molar-refractivity contribution in [3.05, 3.63) is 0 Å². The van der Waals surface area contributed by atoms with Gasteiger partial charge in [0.15, 0.2) is 0 Å². The maximum atomic E-state index is 11.1. The highest BCUT2D eigenvalue weighted by atomic mass is 16.4. The fourth-order valence-corrected chi connectivity index (χ4v) is 4.53. The van der Waals surface area contributed by atoms with Gasteiger partial charge in [0, 0.05) is 13.1 Å². The van der Waals surface area contributed by atoms with Crippen molar-refractivity contribution in [2.75, 3.05) is 32.7 Å². The van der Waals surface area contributed by atoms with Crippen LogP contribution in [-0.2, 0) is 0 Å². The Kier molecular flexibility index (Phi) is 16.3. The van der Waals surface area contributed by atoms with Crippen LogP contribution in [0, 0.1) is 5.92 Å². The summed E-state index contributed by atoms with van der Waals surface area (Å²) < 4.78 is 0. The van der Waals surface area contributed by atoms with Crippen LogP contribution in [0.5, 0.6) is 0 Å². The molecule has 1 saturated heterocycles. The summed E-state index contributed by atoms with van der Waals surface area (Å²) in [6.45, 7) is 9.67. The molecule has 0 radical (unpaired) electrons. The molecular formula is C25H50N2O2. The zero-order valence-electron chi connectivity index (χ0n) is 19.7. The number of hydrogen-bond donors (Lipinski definition) is 1. The molecule has 4 heteroatoms. The zero-order chi connectivity index (χ0) is 21.2. The number of unbranched alkanes of at least 4 members (excludes halogenated alkanes) is 12. The molecule has 1 heterocycles. The molecule has 0 aliphatic carbocycles. The summed E-state index contributed by atoms with van der Waals surface area (Å²) in [6.07, 6.45) is 20.7. The molecule has 1 fully saturated rings. The first kappa shape index (κ1) is 26.3. The monoisotopic (exact) mass is 410 g/mol. The van der Waals surface area contributed by atoms with Crippen LogP contribution in [0.15, 0.2) is 0 Å². The summed E-state index contributed by atoms with van der Waals surface area (Å²) in [4.78, 5) is 15.4. The minimum atomic E-state index is -0.740. The van der Waals surface area contributed by atoms with E-state index in [2.05, 4.69) is 18.7 Å². The van der Waals surface area contributed by atoms with Gasteiger partial charge in [-0.3, -0.25) is 0 Å². The van der Waals surface area contributed by atoms with Crippen LogP contribution >= 0.6 is 0 Å². The Morgan fingerprint density at radius 2 is 1.28 bits per heavy atom. The highest BCUT2D eigenvalue weighted by Gasteiger charge is 2.25. The molecule has 172 valence electrons. The second kappa shape index (κ2) is 18.0. The minimum absolute atomic E-state index is 0.566. The summed E-state index contributed by atoms with van der Waals surface area (Å²) in [5.41, 5.74) is 0. The van der Waals surface area contributed by atoms with Crippen molar-refractivity contribution in [1.29, 1.82) is 0 Å². The van der Waals surface area contributed by atoms with E-state index in [1.807, 2.05) is 0 Å². The lowest BCUT2D eigenvalue weighted by molar-refractivity contribution is 0.153. The average molecular weight is 411 g/mol. The molecule has 1 N–H and O–H groups in total. The minimum Gasteiger partial charge on any atom is -0.465 e. The number of nitrogens with zero attached hydrogens (tertiary/aromatic N) is 2. The predicted octanol–water partition coefficient (Wildman–Crippen LogP) is 7.18. The van der Waals surface area contributed by atoms with E-state index in [-0.39, 0.29) is 0 Å². The van der Waals surface area contributed by atoms with E-state index in [0.717, 1.165) is 32.5 Å². The van der Waals surface area contributed by atoms with Gasteiger partial charge in [0.1, 0.15) is 0 Å². The van der Waals surface area contributed by atoms with Crippen LogP contribution in [-0.4, -0.2) is 53.7 Å². The van der Waals surface area contributed by atoms with E-state index in [1.165, 1.54) is 103 Å². The molecule has 4 nitrogen and oxygen atoms in total. The van der Waals surface area contributed by atoms with Gasteiger partial charge in [0.2, 0.25) is 0 Å². The third-order valence-corrected chi connectivity index (χ3v) is 6.57. The molecule has 1 unspecified atom stereocenters. The molecular weight excluding hydrogens is 360 g/mol. The van der Waals surface area contributed by atoms with Gasteiger partial charge in [0.05, 0.1) is 0 Å². The van der Waals surface area contributed by atoms with Gasteiger partial charge in [-0.15, -0.1) is 0 Å². The van der Waals surface area contributed by atoms with Gasteiger partial charge in [-0.05, 0) is 51.2 Å². The lowest BCUT2D eigenvalue weighted by Crippen LogP contribution is -2.30. The van der Waals surface area contributed by atoms with Gasteiger partial charge in [-0.25, -0.2) is 4.79 Å². The van der Waals surface area contributed by atoms with Crippen molar-refractivity contribution < 1.29 is 9.90 Å². The molecule has 0 aromatic carbocycles. The highest BCUT2D eigenvalue weighted by Crippen LogP contribution is 2.20. The van der Waals surface area contributed by atoms with Gasteiger partial charge >= 0.3 is 6.09 Å². The molecule has 0 spiro atoms. The van der Waals surface area contributed by atoms with Crippen molar-refractivity contribution in [3.8, 4) is 0 Å². The fourth-order valence-electron chi connectivity index (χ4n) is 4.53. The van der Waals surface area contributed by atoms with Crippen LogP contribution < -0.4 is 0 Å². The smallest absolute Gasteiger partial charge is 0.407 e. The summed E-state index contributed by atoms with van der Waals surface area (Å²) in [6, 6.07) is 0. The molecule has 0 bridgehead atoms. The van der Waals surface area contributed by atoms with Gasteiger partial charge in [-0.2, -0.15) is 0 Å². The molecule has 0 aromatic heterocycles. The van der Waals surface area contributed by atoms with E-state index in [9.17, 15) is 4.79 Å². The highest BCUT2D eigenvalue weighted by molar-refractivity contribution is 5.65. The van der Waals surface area contributed by atoms with Crippen LogP contribution in [0.1, 0.15) is 117 Å². The van der Waals surface area contributed by atoms with Crippen molar-refractivity contribution in [3.63, 3.8) is 0 Å². The SMILES string of the molecule is CCCCCCCCCN(CCCCCCCCC)CCC1CCN(C(=O)O)C1. The molecule has 1 amide bonds. The van der Waals surface area contributed by atoms with Crippen LogP contribution in [0.2, 0.25) is 0 Å². The molecule has 0 aromatic rings. The van der Waals surface area contributed by atoms with Crippen LogP contribution in [0.3, 0.4) is 0 Å². The number of hydrogen-bond acceptors (Lipinski definition) is 2. The molecule has 0 saturated carbocycles. The van der Waals surface area contributed by atoms with Gasteiger partial charge in [-0.1, -0.05) is 90.9 Å². The Bertz CT molecular complexity index is 371. The second-order valence-electron chi connectivity index (χ2n) is 9.26. The number of rotatable bonds is 19. The van der Waals surface area contributed by atoms with E-state index in [1.54, 1.807) is 4.90 Å². The van der Waals surface area contributed by atoms with Crippen LogP contribution in [0.25, 0.3) is 0 Å². The number of carbonyl (C=O) groups is 1. The third kappa shape index (κ3) is 14.0. The van der Waals surface area contributed by atoms with Crippen molar-refractivity contribution in [2.45, 2.75) is 117 Å². The molecule has 29 heavy (non-hydrogen) atoms. The van der Waals surface area contributed by atoms with E-state index >= 15 is 0 Å². The summed E-state index contributed by atoms with van der Waals surface area (Å²) in [7, 11) is 0. The summed E-state index contributed by atoms with van der Waals surface area (Å²) >= 11 is 0. The molecule has 1 atom stereocenters. The Morgan fingerprint density at radius 1 is 0.793 bits per heavy atom. The largest absolute Gasteiger partial charge is 0.465 e. The Morgan fingerprint density at radius 3 is 1.72 bits per heavy atom. The van der Waals surface area contributed by atoms with Crippen molar-refractivity contribution >= 4 is 6.09 Å². The summed E-state index contributed by atoms with van der Waals surface area (Å²) in [5, 5.41) is 9.17. The molecule has 1 aliphatic heterocycles. The number of amides is 1. The molecule has 1 rings (SSSR count). The Hall–Kier alpha value is -0.770. The van der Waals surface area contributed by atoms with E-state index in [0.29, 0.717) is 5.92 Å². The topological polar surface area (TPSA) is 43.8 Å². The number of likely N-dealkylation sites (tertiary alicyclic amines) is 1. The first-order valence-corrected chi connectivity index (χ1v) is 12.9. The average Bonchev–Trinajstić information content (AvgIpc) is 3.19. The van der Waals surface area contributed by atoms with Crippen LogP contribution in [0.4, 0.5) is 4.79 Å². The fraction of sp³-hybridized carbons (Fsp3) is 0.960. The Balaban J connectivity index is 2.22. The lowest BCUT2D eigenvalue weighted by atomic mass is 10.0. The van der Waals surface area contributed by atoms with E-state index < -0.39 is 6.09 Å². The first-order valence-electron chi connectivity index (χ1n) is 12.9. The van der Waals surface area contributed by atoms with Crippen molar-refractivity contribution in [1.82, 2.24) is 9.80 Å². The van der Waals surface area contributed by atoms with Gasteiger partial charge in [0.25, 0.3) is 0 Å².